The fourth-order valence-corrected chi connectivity index (χ4v) is 2.91. The summed E-state index contributed by atoms with van der Waals surface area (Å²) in [7, 11) is 3.39. The summed E-state index contributed by atoms with van der Waals surface area (Å²) in [6, 6.07) is 12.9. The molecule has 168 valence electrons. The first-order chi connectivity index (χ1) is 15.0. The van der Waals surface area contributed by atoms with Gasteiger partial charge in [0.1, 0.15) is 5.75 Å². The van der Waals surface area contributed by atoms with Gasteiger partial charge in [0.15, 0.2) is 5.96 Å². The van der Waals surface area contributed by atoms with Crippen LogP contribution < -0.4 is 20.7 Å². The van der Waals surface area contributed by atoms with E-state index in [1.54, 1.807) is 38.4 Å². The predicted octanol–water partition coefficient (Wildman–Crippen LogP) is 3.16. The average molecular weight is 447 g/mol. The van der Waals surface area contributed by atoms with E-state index in [9.17, 15) is 4.79 Å². The van der Waals surface area contributed by atoms with Crippen LogP contribution in [0.5, 0.6) is 5.75 Å². The molecule has 0 aliphatic heterocycles. The molecular weight excluding hydrogens is 416 g/mol. The molecule has 0 bridgehead atoms. The van der Waals surface area contributed by atoms with Crippen LogP contribution in [0.15, 0.2) is 47.5 Å². The predicted molar refractivity (Wildman–Crippen MR) is 125 cm³/mol. The standard InChI is InChI=1S/C23H31ClN4O3/c1-17-5-6-19(21(15-17)31-14-4-13-30-3)16-28-23(25-2)27-12-11-26-22(29)18-7-9-20(24)10-8-18/h5-10,15H,4,11-14,16H2,1-3H3,(H,26,29)(H2,25,27,28). The van der Waals surface area contributed by atoms with Crippen molar-refractivity contribution in [1.82, 2.24) is 16.0 Å². The van der Waals surface area contributed by atoms with Crippen molar-refractivity contribution in [3.05, 3.63) is 64.2 Å². The highest BCUT2D eigenvalue weighted by Crippen LogP contribution is 2.20. The van der Waals surface area contributed by atoms with Gasteiger partial charge in [0, 0.05) is 63.0 Å². The van der Waals surface area contributed by atoms with Crippen LogP contribution in [0.4, 0.5) is 0 Å². The molecule has 2 rings (SSSR count). The van der Waals surface area contributed by atoms with Crippen LogP contribution in [0, 0.1) is 6.92 Å². The number of methoxy groups -OCH3 is 1. The van der Waals surface area contributed by atoms with Crippen LogP contribution in [0.1, 0.15) is 27.9 Å². The minimum absolute atomic E-state index is 0.142. The number of aliphatic imine (C=N–C) groups is 1. The lowest BCUT2D eigenvalue weighted by Gasteiger charge is -2.15. The Bertz CT molecular complexity index is 856. The molecule has 0 heterocycles. The van der Waals surface area contributed by atoms with E-state index in [4.69, 9.17) is 21.1 Å². The van der Waals surface area contributed by atoms with Gasteiger partial charge in [-0.25, -0.2) is 0 Å². The topological polar surface area (TPSA) is 84.0 Å². The minimum Gasteiger partial charge on any atom is -0.493 e. The molecular formula is C23H31ClN4O3. The molecule has 0 atom stereocenters. The molecule has 8 heteroatoms. The van der Waals surface area contributed by atoms with Crippen molar-refractivity contribution in [3.63, 3.8) is 0 Å². The highest BCUT2D eigenvalue weighted by Gasteiger charge is 2.07. The van der Waals surface area contributed by atoms with Crippen molar-refractivity contribution in [3.8, 4) is 5.75 Å². The van der Waals surface area contributed by atoms with Crippen molar-refractivity contribution in [2.75, 3.05) is 40.5 Å². The lowest BCUT2D eigenvalue weighted by Crippen LogP contribution is -2.41. The third-order valence-corrected chi connectivity index (χ3v) is 4.70. The average Bonchev–Trinajstić information content (AvgIpc) is 2.77. The molecule has 0 spiro atoms. The van der Waals surface area contributed by atoms with Gasteiger partial charge in [-0.3, -0.25) is 9.79 Å². The molecule has 7 nitrogen and oxygen atoms in total. The number of carbonyl (C=O) groups excluding carboxylic acids is 1. The van der Waals surface area contributed by atoms with Gasteiger partial charge in [0.05, 0.1) is 6.61 Å². The number of aryl methyl sites for hydroxylation is 1. The molecule has 2 aromatic carbocycles. The number of amides is 1. The Balaban J connectivity index is 1.77. The molecule has 0 saturated carbocycles. The highest BCUT2D eigenvalue weighted by molar-refractivity contribution is 6.30. The van der Waals surface area contributed by atoms with E-state index in [1.807, 2.05) is 19.1 Å². The fraction of sp³-hybridized carbons (Fsp3) is 0.391. The molecule has 3 N–H and O–H groups in total. The van der Waals surface area contributed by atoms with Crippen LogP contribution in [0.3, 0.4) is 0 Å². The van der Waals surface area contributed by atoms with Gasteiger partial charge in [-0.05, 0) is 42.8 Å². The molecule has 0 radical (unpaired) electrons. The second-order valence-electron chi connectivity index (χ2n) is 6.92. The number of hydrogen-bond donors (Lipinski definition) is 3. The van der Waals surface area contributed by atoms with Crippen LogP contribution >= 0.6 is 11.6 Å². The maximum absolute atomic E-state index is 12.1. The summed E-state index contributed by atoms with van der Waals surface area (Å²) in [4.78, 5) is 16.4. The zero-order valence-corrected chi connectivity index (χ0v) is 19.1. The number of nitrogens with zero attached hydrogens (tertiary/aromatic N) is 1. The summed E-state index contributed by atoms with van der Waals surface area (Å²) in [5.74, 6) is 1.36. The molecule has 0 unspecified atom stereocenters. The van der Waals surface area contributed by atoms with E-state index < -0.39 is 0 Å². The first-order valence-corrected chi connectivity index (χ1v) is 10.6. The van der Waals surface area contributed by atoms with Crippen LogP contribution in [-0.4, -0.2) is 52.3 Å². The molecule has 31 heavy (non-hydrogen) atoms. The monoisotopic (exact) mass is 446 g/mol. The molecule has 1 amide bonds. The van der Waals surface area contributed by atoms with Crippen molar-refractivity contribution >= 4 is 23.5 Å². The second kappa shape index (κ2) is 13.5. The molecule has 0 aromatic heterocycles. The summed E-state index contributed by atoms with van der Waals surface area (Å²) in [6.07, 6.45) is 0.836. The zero-order chi connectivity index (χ0) is 22.5. The lowest BCUT2D eigenvalue weighted by molar-refractivity contribution is 0.0954. The van der Waals surface area contributed by atoms with E-state index in [0.717, 1.165) is 23.3 Å². The number of rotatable bonds is 11. The Morgan fingerprint density at radius 2 is 1.77 bits per heavy atom. The van der Waals surface area contributed by atoms with Crippen molar-refractivity contribution in [2.45, 2.75) is 19.9 Å². The molecule has 0 fully saturated rings. The van der Waals surface area contributed by atoms with E-state index in [0.29, 0.717) is 49.4 Å². The maximum Gasteiger partial charge on any atom is 0.251 e. The normalized spacial score (nSPS) is 11.2. The Kier molecular flexibility index (Phi) is 10.7. The third-order valence-electron chi connectivity index (χ3n) is 4.45. The van der Waals surface area contributed by atoms with Gasteiger partial charge < -0.3 is 25.4 Å². The van der Waals surface area contributed by atoms with Gasteiger partial charge in [-0.2, -0.15) is 0 Å². The highest BCUT2D eigenvalue weighted by atomic mass is 35.5. The van der Waals surface area contributed by atoms with Gasteiger partial charge >= 0.3 is 0 Å². The Morgan fingerprint density at radius 1 is 1.03 bits per heavy atom. The quantitative estimate of drug-likeness (QED) is 0.280. The van der Waals surface area contributed by atoms with E-state index in [-0.39, 0.29) is 5.91 Å². The second-order valence-corrected chi connectivity index (χ2v) is 7.36. The van der Waals surface area contributed by atoms with Crippen LogP contribution in [0.25, 0.3) is 0 Å². The molecule has 0 aliphatic carbocycles. The zero-order valence-electron chi connectivity index (χ0n) is 18.3. The van der Waals surface area contributed by atoms with Crippen molar-refractivity contribution in [1.29, 1.82) is 0 Å². The third kappa shape index (κ3) is 8.86. The Morgan fingerprint density at radius 3 is 2.48 bits per heavy atom. The number of ether oxygens (including phenoxy) is 2. The van der Waals surface area contributed by atoms with Gasteiger partial charge in [-0.1, -0.05) is 23.7 Å². The van der Waals surface area contributed by atoms with Crippen LogP contribution in [-0.2, 0) is 11.3 Å². The summed E-state index contributed by atoms with van der Waals surface area (Å²) >= 11 is 5.85. The van der Waals surface area contributed by atoms with E-state index in [2.05, 4.69) is 27.0 Å². The first kappa shape index (κ1) is 24.5. The number of guanidine groups is 1. The SMILES string of the molecule is CN=C(NCCNC(=O)c1ccc(Cl)cc1)NCc1ccc(C)cc1OCCCOC. The molecule has 0 aliphatic rings. The first-order valence-electron chi connectivity index (χ1n) is 10.2. The van der Waals surface area contributed by atoms with Gasteiger partial charge in [0.2, 0.25) is 0 Å². The van der Waals surface area contributed by atoms with E-state index in [1.165, 1.54) is 0 Å². The summed E-state index contributed by atoms with van der Waals surface area (Å²) in [6.45, 7) is 4.87. The van der Waals surface area contributed by atoms with E-state index >= 15 is 0 Å². The van der Waals surface area contributed by atoms with Crippen molar-refractivity contribution < 1.29 is 14.3 Å². The largest absolute Gasteiger partial charge is 0.493 e. The lowest BCUT2D eigenvalue weighted by atomic mass is 10.1. The molecule has 0 saturated heterocycles. The Labute approximate surface area is 189 Å². The smallest absolute Gasteiger partial charge is 0.251 e. The fourth-order valence-electron chi connectivity index (χ4n) is 2.79. The van der Waals surface area contributed by atoms with Gasteiger partial charge in [-0.15, -0.1) is 0 Å². The van der Waals surface area contributed by atoms with Crippen LogP contribution in [0.2, 0.25) is 5.02 Å². The maximum atomic E-state index is 12.1. The van der Waals surface area contributed by atoms with Gasteiger partial charge in [0.25, 0.3) is 5.91 Å². The number of nitrogens with one attached hydrogen (secondary N) is 3. The molecule has 2 aromatic rings. The summed E-state index contributed by atoms with van der Waals surface area (Å²) in [5.41, 5.74) is 2.76. The summed E-state index contributed by atoms with van der Waals surface area (Å²) in [5, 5.41) is 9.94. The summed E-state index contributed by atoms with van der Waals surface area (Å²) < 4.78 is 11.0. The Hall–Kier alpha value is -2.77. The minimum atomic E-state index is -0.142. The number of carbonyl (C=O) groups is 1. The number of hydrogen-bond acceptors (Lipinski definition) is 4. The number of benzene rings is 2. The number of halogens is 1. The van der Waals surface area contributed by atoms with Crippen molar-refractivity contribution in [2.24, 2.45) is 4.99 Å².